The number of hydrogen-bond acceptors (Lipinski definition) is 2. The molecule has 0 aliphatic carbocycles. The van der Waals surface area contributed by atoms with Gasteiger partial charge in [-0.25, -0.2) is 0 Å². The van der Waals surface area contributed by atoms with Crippen LogP contribution < -0.4 is 5.32 Å². The first-order chi connectivity index (χ1) is 8.61. The SMILES string of the molecule is CNc1ccc(C(=O)N2CCCC(C)C2)cc1C. The van der Waals surface area contributed by atoms with Crippen molar-refractivity contribution in [1.82, 2.24) is 4.90 Å². The van der Waals surface area contributed by atoms with E-state index in [4.69, 9.17) is 0 Å². The van der Waals surface area contributed by atoms with E-state index in [9.17, 15) is 4.79 Å². The number of rotatable bonds is 2. The molecule has 1 fully saturated rings. The lowest BCUT2D eigenvalue weighted by Gasteiger charge is -2.31. The maximum Gasteiger partial charge on any atom is 0.253 e. The molecule has 0 saturated carbocycles. The molecule has 1 aromatic rings. The van der Waals surface area contributed by atoms with Gasteiger partial charge in [-0.15, -0.1) is 0 Å². The van der Waals surface area contributed by atoms with Gasteiger partial charge >= 0.3 is 0 Å². The summed E-state index contributed by atoms with van der Waals surface area (Å²) in [4.78, 5) is 14.4. The Bertz CT molecular complexity index is 442. The first kappa shape index (κ1) is 12.9. The van der Waals surface area contributed by atoms with Crippen LogP contribution in [-0.2, 0) is 0 Å². The first-order valence-electron chi connectivity index (χ1n) is 6.69. The lowest BCUT2D eigenvalue weighted by atomic mass is 9.99. The Morgan fingerprint density at radius 2 is 2.22 bits per heavy atom. The number of carbonyl (C=O) groups excluding carboxylic acids is 1. The minimum absolute atomic E-state index is 0.173. The molecule has 0 bridgehead atoms. The monoisotopic (exact) mass is 246 g/mol. The highest BCUT2D eigenvalue weighted by atomic mass is 16.2. The number of amides is 1. The van der Waals surface area contributed by atoms with Gasteiger partial charge in [0.25, 0.3) is 5.91 Å². The van der Waals surface area contributed by atoms with Gasteiger partial charge in [0.15, 0.2) is 0 Å². The number of nitrogens with one attached hydrogen (secondary N) is 1. The zero-order valence-corrected chi connectivity index (χ0v) is 11.5. The Morgan fingerprint density at radius 1 is 1.44 bits per heavy atom. The molecule has 98 valence electrons. The lowest BCUT2D eigenvalue weighted by Crippen LogP contribution is -2.39. The summed E-state index contributed by atoms with van der Waals surface area (Å²) in [5, 5.41) is 3.12. The van der Waals surface area contributed by atoms with Crippen molar-refractivity contribution in [3.05, 3.63) is 29.3 Å². The van der Waals surface area contributed by atoms with E-state index in [-0.39, 0.29) is 5.91 Å². The van der Waals surface area contributed by atoms with E-state index in [0.29, 0.717) is 5.92 Å². The molecule has 1 atom stereocenters. The molecule has 1 aliphatic heterocycles. The van der Waals surface area contributed by atoms with E-state index in [1.165, 1.54) is 6.42 Å². The molecule has 0 spiro atoms. The largest absolute Gasteiger partial charge is 0.388 e. The molecule has 0 aromatic heterocycles. The van der Waals surface area contributed by atoms with E-state index in [0.717, 1.165) is 36.3 Å². The fourth-order valence-electron chi connectivity index (χ4n) is 2.63. The van der Waals surface area contributed by atoms with Gasteiger partial charge in [0.2, 0.25) is 0 Å². The van der Waals surface area contributed by atoms with Crippen molar-refractivity contribution in [2.24, 2.45) is 5.92 Å². The molecule has 1 amide bonds. The van der Waals surface area contributed by atoms with Crippen LogP contribution in [0.25, 0.3) is 0 Å². The maximum absolute atomic E-state index is 12.4. The van der Waals surface area contributed by atoms with Crippen LogP contribution in [0.3, 0.4) is 0 Å². The van der Waals surface area contributed by atoms with Crippen LogP contribution in [-0.4, -0.2) is 30.9 Å². The number of aryl methyl sites for hydroxylation is 1. The van der Waals surface area contributed by atoms with Gasteiger partial charge in [-0.2, -0.15) is 0 Å². The van der Waals surface area contributed by atoms with Gasteiger partial charge < -0.3 is 10.2 Å². The Balaban J connectivity index is 2.15. The molecule has 3 nitrogen and oxygen atoms in total. The van der Waals surface area contributed by atoms with Crippen molar-refractivity contribution >= 4 is 11.6 Å². The van der Waals surface area contributed by atoms with Crippen LogP contribution in [0.15, 0.2) is 18.2 Å². The number of nitrogens with zero attached hydrogens (tertiary/aromatic N) is 1. The van der Waals surface area contributed by atoms with Gasteiger partial charge in [-0.1, -0.05) is 6.92 Å². The zero-order chi connectivity index (χ0) is 13.1. The van der Waals surface area contributed by atoms with Crippen molar-refractivity contribution in [3.63, 3.8) is 0 Å². The van der Waals surface area contributed by atoms with Crippen LogP contribution in [0.4, 0.5) is 5.69 Å². The predicted molar refractivity (Wildman–Crippen MR) is 75.0 cm³/mol. The lowest BCUT2D eigenvalue weighted by molar-refractivity contribution is 0.0683. The molecule has 2 rings (SSSR count). The van der Waals surface area contributed by atoms with Crippen LogP contribution in [0.1, 0.15) is 35.7 Å². The van der Waals surface area contributed by atoms with E-state index in [1.54, 1.807) is 0 Å². The average molecular weight is 246 g/mol. The van der Waals surface area contributed by atoms with Crippen LogP contribution in [0.5, 0.6) is 0 Å². The Kier molecular flexibility index (Phi) is 3.90. The van der Waals surface area contributed by atoms with E-state index >= 15 is 0 Å². The smallest absolute Gasteiger partial charge is 0.253 e. The highest BCUT2D eigenvalue weighted by Gasteiger charge is 2.22. The quantitative estimate of drug-likeness (QED) is 0.870. The average Bonchev–Trinajstić information content (AvgIpc) is 2.37. The number of likely N-dealkylation sites (tertiary alicyclic amines) is 1. The van der Waals surface area contributed by atoms with Crippen molar-refractivity contribution < 1.29 is 4.79 Å². The van der Waals surface area contributed by atoms with Gasteiger partial charge in [-0.3, -0.25) is 4.79 Å². The van der Waals surface area contributed by atoms with Crippen molar-refractivity contribution in [3.8, 4) is 0 Å². The number of anilines is 1. The van der Waals surface area contributed by atoms with Crippen LogP contribution in [0.2, 0.25) is 0 Å². The molecular formula is C15H22N2O. The highest BCUT2D eigenvalue weighted by molar-refractivity contribution is 5.95. The topological polar surface area (TPSA) is 32.3 Å². The standard InChI is InChI=1S/C15H22N2O/c1-11-5-4-8-17(10-11)15(18)13-6-7-14(16-3)12(2)9-13/h6-7,9,11,16H,4-5,8,10H2,1-3H3. The first-order valence-corrected chi connectivity index (χ1v) is 6.69. The summed E-state index contributed by atoms with van der Waals surface area (Å²) < 4.78 is 0. The van der Waals surface area contributed by atoms with Crippen molar-refractivity contribution in [2.45, 2.75) is 26.7 Å². The minimum Gasteiger partial charge on any atom is -0.388 e. The third-order valence-corrected chi connectivity index (χ3v) is 3.69. The summed E-state index contributed by atoms with van der Waals surface area (Å²) >= 11 is 0. The summed E-state index contributed by atoms with van der Waals surface area (Å²) in [7, 11) is 1.90. The third kappa shape index (κ3) is 2.66. The minimum atomic E-state index is 0.173. The number of benzene rings is 1. The molecule has 1 heterocycles. The highest BCUT2D eigenvalue weighted by Crippen LogP contribution is 2.20. The van der Waals surface area contributed by atoms with Gasteiger partial charge in [0.05, 0.1) is 0 Å². The fourth-order valence-corrected chi connectivity index (χ4v) is 2.63. The molecule has 1 saturated heterocycles. The van der Waals surface area contributed by atoms with Gasteiger partial charge in [0, 0.05) is 31.4 Å². The van der Waals surface area contributed by atoms with Crippen LogP contribution in [0, 0.1) is 12.8 Å². The Morgan fingerprint density at radius 3 is 2.83 bits per heavy atom. The summed E-state index contributed by atoms with van der Waals surface area (Å²) in [6.45, 7) is 6.04. The summed E-state index contributed by atoms with van der Waals surface area (Å²) in [6, 6.07) is 5.88. The summed E-state index contributed by atoms with van der Waals surface area (Å²) in [5.41, 5.74) is 3.01. The second kappa shape index (κ2) is 5.42. The molecule has 3 heteroatoms. The van der Waals surface area contributed by atoms with Gasteiger partial charge in [0.1, 0.15) is 0 Å². The fraction of sp³-hybridized carbons (Fsp3) is 0.533. The Labute approximate surface area is 109 Å². The van der Waals surface area contributed by atoms with E-state index in [1.807, 2.05) is 37.1 Å². The molecule has 1 aliphatic rings. The molecule has 1 unspecified atom stereocenters. The second-order valence-electron chi connectivity index (χ2n) is 5.28. The molecule has 1 aromatic carbocycles. The predicted octanol–water partition coefficient (Wildman–Crippen LogP) is 2.91. The van der Waals surface area contributed by atoms with Crippen LogP contribution >= 0.6 is 0 Å². The van der Waals surface area contributed by atoms with Crippen molar-refractivity contribution in [1.29, 1.82) is 0 Å². The maximum atomic E-state index is 12.4. The zero-order valence-electron chi connectivity index (χ0n) is 11.5. The van der Waals surface area contributed by atoms with Crippen molar-refractivity contribution in [2.75, 3.05) is 25.5 Å². The summed E-state index contributed by atoms with van der Waals surface area (Å²) in [5.74, 6) is 0.799. The Hall–Kier alpha value is -1.51. The molecular weight excluding hydrogens is 224 g/mol. The summed E-state index contributed by atoms with van der Waals surface area (Å²) in [6.07, 6.45) is 2.36. The van der Waals surface area contributed by atoms with Gasteiger partial charge in [-0.05, 0) is 49.4 Å². The molecule has 18 heavy (non-hydrogen) atoms. The number of piperidine rings is 1. The number of carbonyl (C=O) groups is 1. The third-order valence-electron chi connectivity index (χ3n) is 3.69. The molecule has 1 N–H and O–H groups in total. The van der Waals surface area contributed by atoms with E-state index < -0.39 is 0 Å². The second-order valence-corrected chi connectivity index (χ2v) is 5.28. The normalized spacial score (nSPS) is 19.7. The number of hydrogen-bond donors (Lipinski definition) is 1. The molecule has 0 radical (unpaired) electrons. The van der Waals surface area contributed by atoms with E-state index in [2.05, 4.69) is 12.2 Å².